The van der Waals surface area contributed by atoms with Crippen molar-refractivity contribution in [3.8, 4) is 0 Å². The summed E-state index contributed by atoms with van der Waals surface area (Å²) in [5.41, 5.74) is -1.12. The molecule has 1 amide bonds. The average molecular weight is 432 g/mol. The molecule has 0 radical (unpaired) electrons. The van der Waals surface area contributed by atoms with Crippen molar-refractivity contribution < 1.29 is 28.2 Å². The first-order valence-corrected chi connectivity index (χ1v) is 9.75. The van der Waals surface area contributed by atoms with Crippen molar-refractivity contribution in [2.75, 3.05) is 0 Å². The van der Waals surface area contributed by atoms with Crippen LogP contribution in [0.5, 0.6) is 0 Å². The van der Waals surface area contributed by atoms with Gasteiger partial charge in [0.05, 0.1) is 0 Å². The second kappa shape index (κ2) is 7.76. The molecule has 2 N–H and O–H groups in total. The van der Waals surface area contributed by atoms with Crippen LogP contribution < -0.4 is 9.78 Å². The zero-order valence-corrected chi connectivity index (χ0v) is 16.4. The van der Waals surface area contributed by atoms with Crippen LogP contribution in [-0.4, -0.2) is 43.8 Å². The summed E-state index contributed by atoms with van der Waals surface area (Å²) in [6, 6.07) is 7.88. The summed E-state index contributed by atoms with van der Waals surface area (Å²) >= 11 is -0.578. The van der Waals surface area contributed by atoms with Crippen LogP contribution in [-0.2, 0) is 9.53 Å². The molecule has 2 rings (SSSR count). The SMILES string of the molecule is CC(C)(C)OC(=O)N[C@H]1CC([Se]c2ccccc2)(C(=O)O)CC1=C(F)F. The molecule has 1 aromatic rings. The zero-order valence-electron chi connectivity index (χ0n) is 14.7. The molecular weight excluding hydrogens is 411 g/mol. The van der Waals surface area contributed by atoms with Gasteiger partial charge >= 0.3 is 157 Å². The van der Waals surface area contributed by atoms with Gasteiger partial charge in [0.2, 0.25) is 0 Å². The fourth-order valence-corrected chi connectivity index (χ4v) is 5.49. The van der Waals surface area contributed by atoms with E-state index in [2.05, 4.69) is 5.32 Å². The quantitative estimate of drug-likeness (QED) is 0.718. The van der Waals surface area contributed by atoms with Crippen molar-refractivity contribution in [1.82, 2.24) is 5.32 Å². The normalized spacial score (nSPS) is 22.8. The van der Waals surface area contributed by atoms with Gasteiger partial charge in [-0.1, -0.05) is 0 Å². The Morgan fingerprint density at radius 2 is 1.88 bits per heavy atom. The summed E-state index contributed by atoms with van der Waals surface area (Å²) in [6.45, 7) is 4.98. The number of carbonyl (C=O) groups excluding carboxylic acids is 1. The van der Waals surface area contributed by atoms with Crippen molar-refractivity contribution in [3.63, 3.8) is 0 Å². The molecule has 0 aromatic heterocycles. The Kier molecular flexibility index (Phi) is 6.09. The van der Waals surface area contributed by atoms with Crippen LogP contribution in [0.25, 0.3) is 0 Å². The van der Waals surface area contributed by atoms with Crippen molar-refractivity contribution in [2.45, 2.75) is 49.6 Å². The van der Waals surface area contributed by atoms with Gasteiger partial charge in [-0.3, -0.25) is 0 Å². The summed E-state index contributed by atoms with van der Waals surface area (Å²) in [6.07, 6.45) is -3.17. The number of benzene rings is 1. The van der Waals surface area contributed by atoms with E-state index in [4.69, 9.17) is 4.74 Å². The predicted molar refractivity (Wildman–Crippen MR) is 93.8 cm³/mol. The van der Waals surface area contributed by atoms with E-state index in [9.17, 15) is 23.5 Å². The number of carboxylic acid groups (broad SMARTS) is 1. The molecule has 26 heavy (non-hydrogen) atoms. The second-order valence-corrected chi connectivity index (χ2v) is 10.1. The molecule has 8 heteroatoms. The molecule has 1 aliphatic rings. The number of nitrogens with one attached hydrogen (secondary N) is 1. The average Bonchev–Trinajstić information content (AvgIpc) is 2.86. The number of rotatable bonds is 4. The third-order valence-electron chi connectivity index (χ3n) is 3.81. The minimum absolute atomic E-state index is 0.0941. The molecular formula is C18H21F2NO4Se. The van der Waals surface area contributed by atoms with Crippen LogP contribution in [0.3, 0.4) is 0 Å². The number of hydrogen-bond acceptors (Lipinski definition) is 3. The van der Waals surface area contributed by atoms with E-state index in [0.717, 1.165) is 4.46 Å². The fourth-order valence-electron chi connectivity index (χ4n) is 2.74. The molecule has 2 atom stereocenters. The molecule has 1 aromatic carbocycles. The summed E-state index contributed by atoms with van der Waals surface area (Å²) < 4.78 is 31.4. The fraction of sp³-hybridized carbons (Fsp3) is 0.444. The first-order valence-electron chi connectivity index (χ1n) is 8.03. The Balaban J connectivity index is 2.26. The predicted octanol–water partition coefficient (Wildman–Crippen LogP) is 3.10. The molecule has 1 saturated carbocycles. The molecule has 0 spiro atoms. The van der Waals surface area contributed by atoms with Crippen LogP contribution in [0.1, 0.15) is 33.6 Å². The third-order valence-corrected chi connectivity index (χ3v) is 6.71. The molecule has 1 fully saturated rings. The number of ether oxygens (including phenoxy) is 1. The summed E-state index contributed by atoms with van der Waals surface area (Å²) in [4.78, 5) is 23.9. The number of carboxylic acids is 1. The molecule has 0 heterocycles. The second-order valence-electron chi connectivity index (χ2n) is 7.08. The van der Waals surface area contributed by atoms with E-state index in [-0.39, 0.29) is 18.4 Å². The van der Waals surface area contributed by atoms with Gasteiger partial charge in [0.15, 0.2) is 0 Å². The number of alkyl carbamates (subject to hydrolysis) is 1. The van der Waals surface area contributed by atoms with Crippen molar-refractivity contribution in [3.05, 3.63) is 42.0 Å². The van der Waals surface area contributed by atoms with E-state index >= 15 is 0 Å². The Morgan fingerprint density at radius 3 is 2.38 bits per heavy atom. The minimum atomic E-state index is -1.95. The standard InChI is InChI=1S/C18H21F2NO4Se/c1-17(2,3)25-16(24)21-13-10-18(15(22)23,9-12(13)14(19)20)26-11-7-5-4-6-8-11/h4-8,13H,9-10H2,1-3H3,(H,21,24)(H,22,23)/t13-,18?/m0/s1. The zero-order chi connectivity index (χ0) is 19.5. The van der Waals surface area contributed by atoms with Crippen LogP contribution in [0.4, 0.5) is 13.6 Å². The molecule has 0 aliphatic heterocycles. The van der Waals surface area contributed by atoms with Crippen molar-refractivity contribution in [1.29, 1.82) is 0 Å². The topological polar surface area (TPSA) is 75.6 Å². The molecule has 0 saturated heterocycles. The molecule has 0 bridgehead atoms. The number of halogens is 2. The Hall–Kier alpha value is -1.92. The van der Waals surface area contributed by atoms with Crippen LogP contribution in [0, 0.1) is 0 Å². The van der Waals surface area contributed by atoms with Gasteiger partial charge in [0, 0.05) is 0 Å². The van der Waals surface area contributed by atoms with E-state index in [1.165, 1.54) is 0 Å². The van der Waals surface area contributed by atoms with Gasteiger partial charge in [-0.25, -0.2) is 0 Å². The third kappa shape index (κ3) is 5.05. The van der Waals surface area contributed by atoms with E-state index < -0.39 is 49.1 Å². The maximum absolute atomic E-state index is 13.4. The first kappa shape index (κ1) is 20.4. The first-order chi connectivity index (χ1) is 12.0. The van der Waals surface area contributed by atoms with Gasteiger partial charge in [-0.05, 0) is 0 Å². The molecule has 142 valence electrons. The van der Waals surface area contributed by atoms with Gasteiger partial charge in [-0.2, -0.15) is 0 Å². The Labute approximate surface area is 157 Å². The van der Waals surface area contributed by atoms with E-state index in [0.29, 0.717) is 0 Å². The summed E-state index contributed by atoms with van der Waals surface area (Å²) in [5, 5.41) is 12.2. The number of carbonyl (C=O) groups is 2. The number of hydrogen-bond donors (Lipinski definition) is 2. The monoisotopic (exact) mass is 433 g/mol. The summed E-state index contributed by atoms with van der Waals surface area (Å²) in [7, 11) is 0. The van der Waals surface area contributed by atoms with Gasteiger partial charge in [-0.15, -0.1) is 0 Å². The van der Waals surface area contributed by atoms with Crippen LogP contribution in [0.15, 0.2) is 42.0 Å². The van der Waals surface area contributed by atoms with E-state index in [1.54, 1.807) is 51.1 Å². The van der Waals surface area contributed by atoms with Crippen LogP contribution >= 0.6 is 0 Å². The van der Waals surface area contributed by atoms with Crippen LogP contribution in [0.2, 0.25) is 4.31 Å². The molecule has 5 nitrogen and oxygen atoms in total. The van der Waals surface area contributed by atoms with Gasteiger partial charge in [0.25, 0.3) is 0 Å². The number of aliphatic carboxylic acids is 1. The van der Waals surface area contributed by atoms with E-state index in [1.807, 2.05) is 0 Å². The molecule has 1 aliphatic carbocycles. The Bertz CT molecular complexity index is 714. The van der Waals surface area contributed by atoms with Crippen molar-refractivity contribution in [2.24, 2.45) is 0 Å². The maximum atomic E-state index is 13.4. The molecule has 1 unspecified atom stereocenters. The Morgan fingerprint density at radius 1 is 1.27 bits per heavy atom. The van der Waals surface area contributed by atoms with Crippen molar-refractivity contribution >= 4 is 31.5 Å². The summed E-state index contributed by atoms with van der Waals surface area (Å²) in [5.74, 6) is -1.13. The number of amides is 1. The van der Waals surface area contributed by atoms with Gasteiger partial charge < -0.3 is 0 Å². The van der Waals surface area contributed by atoms with Gasteiger partial charge in [0.1, 0.15) is 0 Å².